The standard InChI is InChI=1S/C33H25N3.C32H23N3.2C30H19N3/c1-33(2,3)24-12-8-11-20(15-24)23-17-26-25-16-21-9-4-5-10-22(21)18-29(25)36-31(26)30(19-23)35-28-14-7-6-13-27(28)34-32(35)36;1-19(2)20-10-7-11-21(14-20)24-16-26-25-15-22-8-3-4-9-23(22)17-29(25)35-31(26)30(18-24)34-28-13-6-5-12-27(28)33-32(34)35;1-18-8-2-5-11-22(18)21-15-24-23-14-19-9-3-4-10-20(19)16-27(23)33-29(24)28(17-21)32-26-13-7-6-12-25(26)31-30(32)33;1-18-7-6-10-19(13-18)22-15-24-23-14-20-8-2-3-9-21(20)16-27(23)33-29(24)28(17-22)32-26-12-5-4-11-25(26)31-30(32)33/h4-19H,1-3H3;3-19H,1-2H3;2*2-17H,1H3. The van der Waals surface area contributed by atoms with Gasteiger partial charge in [0.15, 0.2) is 0 Å². The number of para-hydroxylation sites is 8. The summed E-state index contributed by atoms with van der Waals surface area (Å²) in [5, 5.41) is 20.3. The third-order valence-electron chi connectivity index (χ3n) is 29.5. The minimum Gasteiger partial charge on any atom is -0.277 e. The molecule has 0 bridgehead atoms. The van der Waals surface area contributed by atoms with Gasteiger partial charge >= 0.3 is 0 Å². The van der Waals surface area contributed by atoms with Gasteiger partial charge in [-0.15, -0.1) is 0 Å². The lowest BCUT2D eigenvalue weighted by molar-refractivity contribution is 0.590. The van der Waals surface area contributed by atoms with Crippen LogP contribution in [0.1, 0.15) is 62.8 Å². The van der Waals surface area contributed by atoms with Gasteiger partial charge in [0.1, 0.15) is 0 Å². The van der Waals surface area contributed by atoms with E-state index in [0.29, 0.717) is 5.92 Å². The van der Waals surface area contributed by atoms with Crippen molar-refractivity contribution in [2.24, 2.45) is 0 Å². The Morgan fingerprint density at radius 1 is 0.212 bits per heavy atom. The number of aromatic nitrogens is 12. The Morgan fingerprint density at radius 3 is 0.847 bits per heavy atom. The van der Waals surface area contributed by atoms with Crippen molar-refractivity contribution in [3.05, 3.63) is 411 Å². The Bertz CT molecular complexity index is 10700. The fraction of sp³-hybridized carbons (Fsp3) is 0.0720. The summed E-state index contributed by atoms with van der Waals surface area (Å²) in [5.74, 6) is 4.39. The molecular formula is C125H86N12. The van der Waals surface area contributed by atoms with E-state index in [2.05, 4.69) is 472 Å². The molecule has 0 unspecified atom stereocenters. The number of fused-ring (bicyclic) bond motifs is 36. The zero-order valence-corrected chi connectivity index (χ0v) is 76.4. The van der Waals surface area contributed by atoms with Crippen LogP contribution in [0, 0.1) is 13.8 Å². The fourth-order valence-corrected chi connectivity index (χ4v) is 23.0. The summed E-state index contributed by atoms with van der Waals surface area (Å²) < 4.78 is 18.8. The van der Waals surface area contributed by atoms with E-state index in [0.717, 1.165) is 67.2 Å². The number of benzene rings is 20. The molecular weight excluding hydrogens is 1670 g/mol. The highest BCUT2D eigenvalue weighted by Gasteiger charge is 2.30. The maximum Gasteiger partial charge on any atom is 0.220 e. The van der Waals surface area contributed by atoms with E-state index in [1.807, 2.05) is 0 Å². The number of hydrogen-bond donors (Lipinski definition) is 0. The van der Waals surface area contributed by atoms with Crippen LogP contribution in [-0.2, 0) is 5.41 Å². The summed E-state index contributed by atoms with van der Waals surface area (Å²) in [6, 6.07) is 141. The topological polar surface area (TPSA) is 86.8 Å². The van der Waals surface area contributed by atoms with Crippen LogP contribution in [0.5, 0.6) is 0 Å². The van der Waals surface area contributed by atoms with E-state index in [1.54, 1.807) is 0 Å². The SMILES string of the molecule is CC(C)(C)c1cccc(-c2cc3c4cc5ccccc5cc4n4c3c(c2)n2c3ccccc3nc24)c1.CC(C)c1cccc(-c2cc3c4cc5ccccc5cc4n4c3c(c2)n2c3ccccc3nc24)c1.Cc1cccc(-c2cc3c4cc5ccccc5cc4n4c3c(c2)n2c3ccccc3nc24)c1.Cc1ccccc1-c1cc2c3cc4ccccc4cc3n3c2c(c1)n1c2ccccc2nc13. The molecule has 0 saturated carbocycles. The zero-order chi connectivity index (χ0) is 90.8. The molecule has 12 nitrogen and oxygen atoms in total. The first-order chi connectivity index (χ1) is 67.2. The highest BCUT2D eigenvalue weighted by atomic mass is 15.2. The van der Waals surface area contributed by atoms with Crippen molar-refractivity contribution in [3.63, 3.8) is 0 Å². The lowest BCUT2D eigenvalue weighted by Gasteiger charge is -2.20. The molecule has 32 rings (SSSR count). The van der Waals surface area contributed by atoms with Crippen molar-refractivity contribution in [1.82, 2.24) is 55.1 Å². The molecule has 0 amide bonds. The molecule has 12 heterocycles. The molecule has 12 aromatic heterocycles. The first-order valence-corrected chi connectivity index (χ1v) is 47.5. The van der Waals surface area contributed by atoms with Gasteiger partial charge in [-0.25, -0.2) is 19.9 Å². The van der Waals surface area contributed by atoms with Gasteiger partial charge in [-0.1, -0.05) is 283 Å². The van der Waals surface area contributed by atoms with Gasteiger partial charge in [-0.05, 0) is 275 Å². The molecule has 0 aliphatic rings. The van der Waals surface area contributed by atoms with E-state index >= 15 is 0 Å². The molecule has 137 heavy (non-hydrogen) atoms. The molecule has 646 valence electrons. The Labute approximate surface area is 784 Å². The predicted octanol–water partition coefficient (Wildman–Crippen LogP) is 32.3. The van der Waals surface area contributed by atoms with Crippen molar-refractivity contribution in [2.45, 2.75) is 59.8 Å². The number of rotatable bonds is 5. The second kappa shape index (κ2) is 28.5. The van der Waals surface area contributed by atoms with Crippen molar-refractivity contribution in [2.75, 3.05) is 0 Å². The summed E-state index contributed by atoms with van der Waals surface area (Å²) in [6.45, 7) is 15.7. The van der Waals surface area contributed by atoms with Crippen LogP contribution < -0.4 is 0 Å². The highest BCUT2D eigenvalue weighted by molar-refractivity contribution is 6.25. The van der Waals surface area contributed by atoms with Crippen molar-refractivity contribution >= 4 is 220 Å². The molecule has 0 aliphatic heterocycles. The highest BCUT2D eigenvalue weighted by Crippen LogP contribution is 2.48. The normalized spacial score (nSPS) is 12.6. The second-order valence-electron chi connectivity index (χ2n) is 39.0. The Balaban J connectivity index is 0.0000000884. The Kier molecular flexibility index (Phi) is 16.1. The molecule has 0 spiro atoms. The molecule has 0 atom stereocenters. The van der Waals surface area contributed by atoms with Crippen LogP contribution in [-0.4, -0.2) is 55.1 Å². The largest absolute Gasteiger partial charge is 0.277 e. The van der Waals surface area contributed by atoms with Gasteiger partial charge in [0.25, 0.3) is 0 Å². The summed E-state index contributed by atoms with van der Waals surface area (Å²) in [4.78, 5) is 20.4. The molecule has 0 saturated heterocycles. The average molecular weight is 1760 g/mol. The van der Waals surface area contributed by atoms with Crippen LogP contribution in [0.25, 0.3) is 264 Å². The monoisotopic (exact) mass is 1750 g/mol. The first-order valence-electron chi connectivity index (χ1n) is 47.5. The van der Waals surface area contributed by atoms with E-state index in [9.17, 15) is 0 Å². The maximum atomic E-state index is 5.11. The van der Waals surface area contributed by atoms with E-state index in [4.69, 9.17) is 19.9 Å². The van der Waals surface area contributed by atoms with Crippen LogP contribution in [0.4, 0.5) is 0 Å². The summed E-state index contributed by atoms with van der Waals surface area (Å²) in [7, 11) is 0. The van der Waals surface area contributed by atoms with Gasteiger partial charge in [-0.3, -0.25) is 35.2 Å². The summed E-state index contributed by atoms with van der Waals surface area (Å²) >= 11 is 0. The van der Waals surface area contributed by atoms with Crippen molar-refractivity contribution < 1.29 is 0 Å². The Morgan fingerprint density at radius 2 is 0.504 bits per heavy atom. The van der Waals surface area contributed by atoms with Crippen LogP contribution in [0.3, 0.4) is 0 Å². The van der Waals surface area contributed by atoms with Gasteiger partial charge in [0.05, 0.1) is 110 Å². The van der Waals surface area contributed by atoms with Crippen LogP contribution in [0.2, 0.25) is 0 Å². The number of hydrogen-bond acceptors (Lipinski definition) is 4. The van der Waals surface area contributed by atoms with Crippen molar-refractivity contribution in [3.8, 4) is 44.5 Å². The first kappa shape index (κ1) is 77.1. The minimum atomic E-state index is 0.0968. The molecule has 0 fully saturated rings. The molecule has 0 N–H and O–H groups in total. The quantitative estimate of drug-likeness (QED) is 0.172. The number of nitrogens with zero attached hydrogens (tertiary/aromatic N) is 12. The van der Waals surface area contributed by atoms with Gasteiger partial charge in [0.2, 0.25) is 23.1 Å². The average Bonchev–Trinajstić information content (AvgIpc) is 1.54. The molecule has 0 radical (unpaired) electrons. The van der Waals surface area contributed by atoms with E-state index in [-0.39, 0.29) is 5.41 Å². The smallest absolute Gasteiger partial charge is 0.220 e. The fourth-order valence-electron chi connectivity index (χ4n) is 23.0. The molecule has 12 heteroatoms. The van der Waals surface area contributed by atoms with Crippen LogP contribution >= 0.6 is 0 Å². The lowest BCUT2D eigenvalue weighted by atomic mass is 9.85. The predicted molar refractivity (Wildman–Crippen MR) is 573 cm³/mol. The molecule has 20 aromatic carbocycles. The third-order valence-corrected chi connectivity index (χ3v) is 29.5. The number of aryl methyl sites for hydroxylation is 2. The van der Waals surface area contributed by atoms with Gasteiger partial charge in [-0.2, -0.15) is 0 Å². The lowest BCUT2D eigenvalue weighted by Crippen LogP contribution is -2.10. The molecule has 32 aromatic rings. The zero-order valence-electron chi connectivity index (χ0n) is 76.4. The second-order valence-corrected chi connectivity index (χ2v) is 39.0. The number of imidazole rings is 8. The summed E-state index contributed by atoms with van der Waals surface area (Å²) in [6.07, 6.45) is 0. The van der Waals surface area contributed by atoms with Gasteiger partial charge in [0, 0.05) is 43.1 Å². The van der Waals surface area contributed by atoms with E-state index in [1.165, 1.54) is 219 Å². The van der Waals surface area contributed by atoms with Crippen molar-refractivity contribution in [1.29, 1.82) is 0 Å². The van der Waals surface area contributed by atoms with Gasteiger partial charge < -0.3 is 0 Å². The molecule has 0 aliphatic carbocycles. The summed E-state index contributed by atoms with van der Waals surface area (Å²) in [5.41, 5.74) is 38.6. The van der Waals surface area contributed by atoms with E-state index < -0.39 is 0 Å². The third kappa shape index (κ3) is 11.3. The Hall–Kier alpha value is -17.5. The minimum absolute atomic E-state index is 0.0968. The van der Waals surface area contributed by atoms with Crippen LogP contribution in [0.15, 0.2) is 388 Å². The maximum absolute atomic E-state index is 5.11.